The van der Waals surface area contributed by atoms with Crippen LogP contribution in [-0.2, 0) is 25.9 Å². The topological polar surface area (TPSA) is 106 Å². The summed E-state index contributed by atoms with van der Waals surface area (Å²) in [5, 5.41) is 16.0. The second-order valence-electron chi connectivity index (χ2n) is 11.8. The van der Waals surface area contributed by atoms with Gasteiger partial charge in [-0.2, -0.15) is 0 Å². The van der Waals surface area contributed by atoms with Crippen LogP contribution < -0.4 is 20.1 Å². The fourth-order valence-corrected chi connectivity index (χ4v) is 6.06. The molecule has 4 aromatic carbocycles. The number of hydrogen-bond acceptors (Lipinski definition) is 8. The molecule has 1 aliphatic rings. The molecule has 1 amide bonds. The predicted octanol–water partition coefficient (Wildman–Crippen LogP) is 6.30. The molecule has 10 heteroatoms. The van der Waals surface area contributed by atoms with Gasteiger partial charge in [0.15, 0.2) is 11.5 Å². The van der Waals surface area contributed by atoms with Crippen molar-refractivity contribution in [3.8, 4) is 17.2 Å². The number of para-hydroxylation sites is 3. The van der Waals surface area contributed by atoms with Crippen LogP contribution in [0, 0.1) is 0 Å². The molecule has 2 aromatic heterocycles. The molecule has 3 heterocycles. The molecule has 0 atom stereocenters. The van der Waals surface area contributed by atoms with Gasteiger partial charge in [0.25, 0.3) is 5.91 Å². The van der Waals surface area contributed by atoms with Gasteiger partial charge in [-0.3, -0.25) is 14.7 Å². The lowest BCUT2D eigenvalue weighted by molar-refractivity contribution is 0.102. The van der Waals surface area contributed by atoms with E-state index < -0.39 is 0 Å². The summed E-state index contributed by atoms with van der Waals surface area (Å²) in [6.07, 6.45) is 5.48. The van der Waals surface area contributed by atoms with Crippen LogP contribution in [-0.4, -0.2) is 58.1 Å². The zero-order valence-corrected chi connectivity index (χ0v) is 27.0. The van der Waals surface area contributed by atoms with E-state index in [9.17, 15) is 4.79 Å². The minimum Gasteiger partial charge on any atom is -0.493 e. The van der Waals surface area contributed by atoms with Crippen molar-refractivity contribution in [2.45, 2.75) is 25.9 Å². The van der Waals surface area contributed by atoms with E-state index in [1.54, 1.807) is 25.1 Å². The second-order valence-corrected chi connectivity index (χ2v) is 11.8. The molecule has 0 fully saturated rings. The zero-order valence-electron chi connectivity index (χ0n) is 27.0. The van der Waals surface area contributed by atoms with Crippen molar-refractivity contribution in [1.29, 1.82) is 0 Å². The van der Waals surface area contributed by atoms with Crippen molar-refractivity contribution in [3.05, 3.63) is 131 Å². The first kappa shape index (κ1) is 30.9. The summed E-state index contributed by atoms with van der Waals surface area (Å²) < 4.78 is 12.8. The van der Waals surface area contributed by atoms with E-state index in [2.05, 4.69) is 67.2 Å². The highest BCUT2D eigenvalue weighted by atomic mass is 16.5. The number of fused-ring (bicyclic) bond motifs is 2. The summed E-state index contributed by atoms with van der Waals surface area (Å²) in [6.45, 7) is 3.35. The lowest BCUT2D eigenvalue weighted by atomic mass is 9.98. The SMILES string of the molecule is COc1cc2c(cc1OC)CN(CCc1ccc(-n3cc(CNc4ccccc4NC(=O)c4cnc5ccccc5c4)nn3)cc1)CC2. The molecule has 7 rings (SSSR count). The van der Waals surface area contributed by atoms with E-state index in [4.69, 9.17) is 9.47 Å². The average molecular weight is 640 g/mol. The number of rotatable bonds is 11. The summed E-state index contributed by atoms with van der Waals surface area (Å²) in [5.41, 5.74) is 8.44. The first-order valence-corrected chi connectivity index (χ1v) is 16.0. The van der Waals surface area contributed by atoms with E-state index in [1.165, 1.54) is 16.7 Å². The number of amides is 1. The van der Waals surface area contributed by atoms with Crippen LogP contribution in [0.15, 0.2) is 103 Å². The van der Waals surface area contributed by atoms with Crippen LogP contribution in [0.4, 0.5) is 11.4 Å². The second kappa shape index (κ2) is 13.9. The Morgan fingerprint density at radius 1 is 0.875 bits per heavy atom. The molecule has 242 valence electrons. The van der Waals surface area contributed by atoms with Crippen LogP contribution in [0.5, 0.6) is 11.5 Å². The van der Waals surface area contributed by atoms with E-state index in [0.717, 1.165) is 71.9 Å². The van der Waals surface area contributed by atoms with Gasteiger partial charge in [-0.05, 0) is 78.1 Å². The molecule has 0 bridgehead atoms. The molecular weight excluding hydrogens is 602 g/mol. The van der Waals surface area contributed by atoms with E-state index in [0.29, 0.717) is 17.8 Å². The minimum absolute atomic E-state index is 0.222. The Bertz CT molecular complexity index is 2060. The first-order chi connectivity index (χ1) is 23.6. The van der Waals surface area contributed by atoms with Crippen molar-refractivity contribution >= 4 is 28.2 Å². The number of ether oxygens (including phenoxy) is 2. The fourth-order valence-electron chi connectivity index (χ4n) is 6.06. The van der Waals surface area contributed by atoms with Crippen LogP contribution in [0.2, 0.25) is 0 Å². The van der Waals surface area contributed by atoms with Gasteiger partial charge in [-0.15, -0.1) is 5.10 Å². The van der Waals surface area contributed by atoms with E-state index >= 15 is 0 Å². The Balaban J connectivity index is 0.932. The Hall–Kier alpha value is -5.74. The lowest BCUT2D eigenvalue weighted by Crippen LogP contribution is -2.32. The van der Waals surface area contributed by atoms with Crippen LogP contribution in [0.3, 0.4) is 0 Å². The van der Waals surface area contributed by atoms with Crippen molar-refractivity contribution in [3.63, 3.8) is 0 Å². The molecule has 0 radical (unpaired) electrons. The number of anilines is 2. The molecular formula is C38H37N7O3. The summed E-state index contributed by atoms with van der Waals surface area (Å²) in [7, 11) is 3.36. The van der Waals surface area contributed by atoms with E-state index in [-0.39, 0.29) is 5.91 Å². The van der Waals surface area contributed by atoms with Gasteiger partial charge in [0.05, 0.1) is 55.1 Å². The number of nitrogens with one attached hydrogen (secondary N) is 2. The van der Waals surface area contributed by atoms with Gasteiger partial charge in [-0.1, -0.05) is 47.7 Å². The number of methoxy groups -OCH3 is 2. The summed E-state index contributed by atoms with van der Waals surface area (Å²) in [5.74, 6) is 1.35. The highest BCUT2D eigenvalue weighted by Gasteiger charge is 2.19. The molecule has 0 unspecified atom stereocenters. The van der Waals surface area contributed by atoms with Crippen molar-refractivity contribution in [2.75, 3.05) is 37.9 Å². The maximum Gasteiger partial charge on any atom is 0.257 e. The Labute approximate surface area is 279 Å². The predicted molar refractivity (Wildman–Crippen MR) is 187 cm³/mol. The molecule has 0 saturated heterocycles. The fraction of sp³-hybridized carbons (Fsp3) is 0.211. The van der Waals surface area contributed by atoms with Crippen LogP contribution in [0.25, 0.3) is 16.6 Å². The molecule has 10 nitrogen and oxygen atoms in total. The number of pyridine rings is 1. The molecule has 6 aromatic rings. The van der Waals surface area contributed by atoms with Gasteiger partial charge >= 0.3 is 0 Å². The Morgan fingerprint density at radius 2 is 1.62 bits per heavy atom. The monoisotopic (exact) mass is 639 g/mol. The van der Waals surface area contributed by atoms with Gasteiger partial charge in [0, 0.05) is 31.2 Å². The number of benzene rings is 4. The molecule has 2 N–H and O–H groups in total. The highest BCUT2D eigenvalue weighted by Crippen LogP contribution is 2.33. The van der Waals surface area contributed by atoms with Crippen LogP contribution >= 0.6 is 0 Å². The van der Waals surface area contributed by atoms with Gasteiger partial charge in [0.1, 0.15) is 5.69 Å². The first-order valence-electron chi connectivity index (χ1n) is 16.0. The Kier molecular flexibility index (Phi) is 8.97. The van der Waals surface area contributed by atoms with Gasteiger partial charge in [0.2, 0.25) is 0 Å². The third kappa shape index (κ3) is 6.84. The number of carbonyl (C=O) groups is 1. The van der Waals surface area contributed by atoms with Gasteiger partial charge < -0.3 is 20.1 Å². The minimum atomic E-state index is -0.222. The molecule has 48 heavy (non-hydrogen) atoms. The molecule has 0 saturated carbocycles. The number of hydrogen-bond donors (Lipinski definition) is 2. The standard InChI is InChI=1S/C38H37N7O3/c1-47-36-20-27-16-18-44(24-30(27)21-37(36)48-2)17-15-26-11-13-32(14-12-26)45-25-31(42-43-45)23-40-34-9-5-6-10-35(34)41-38(46)29-19-28-7-3-4-8-33(28)39-22-29/h3-14,19-22,25,40H,15-18,23-24H2,1-2H3,(H,41,46). The number of nitrogens with zero attached hydrogens (tertiary/aromatic N) is 5. The Morgan fingerprint density at radius 3 is 2.44 bits per heavy atom. The third-order valence-corrected chi connectivity index (χ3v) is 8.74. The number of carbonyl (C=O) groups excluding carboxylic acids is 1. The van der Waals surface area contributed by atoms with Crippen LogP contribution in [0.1, 0.15) is 32.7 Å². The molecule has 1 aliphatic heterocycles. The van der Waals surface area contributed by atoms with Crippen molar-refractivity contribution in [1.82, 2.24) is 24.9 Å². The van der Waals surface area contributed by atoms with Crippen molar-refractivity contribution in [2.24, 2.45) is 0 Å². The smallest absolute Gasteiger partial charge is 0.257 e. The highest BCUT2D eigenvalue weighted by molar-refractivity contribution is 6.07. The normalized spacial score (nSPS) is 12.8. The van der Waals surface area contributed by atoms with E-state index in [1.807, 2.05) is 60.8 Å². The zero-order chi connectivity index (χ0) is 32.9. The average Bonchev–Trinajstić information content (AvgIpc) is 3.62. The van der Waals surface area contributed by atoms with Crippen molar-refractivity contribution < 1.29 is 14.3 Å². The summed E-state index contributed by atoms with van der Waals surface area (Å²) in [6, 6.07) is 29.9. The number of aromatic nitrogens is 4. The summed E-state index contributed by atoms with van der Waals surface area (Å²) >= 11 is 0. The molecule has 0 spiro atoms. The summed E-state index contributed by atoms with van der Waals surface area (Å²) in [4.78, 5) is 20.0. The third-order valence-electron chi connectivity index (χ3n) is 8.74. The lowest BCUT2D eigenvalue weighted by Gasteiger charge is -2.29. The molecule has 0 aliphatic carbocycles. The quantitative estimate of drug-likeness (QED) is 0.170. The maximum atomic E-state index is 13.1. The maximum absolute atomic E-state index is 13.1. The largest absolute Gasteiger partial charge is 0.493 e. The van der Waals surface area contributed by atoms with Gasteiger partial charge in [-0.25, -0.2) is 4.68 Å².